The lowest BCUT2D eigenvalue weighted by Gasteiger charge is -2.13. The number of para-hydroxylation sites is 2. The van der Waals surface area contributed by atoms with Gasteiger partial charge in [-0.25, -0.2) is 5.43 Å². The Morgan fingerprint density at radius 3 is 2.43 bits per heavy atom. The zero-order valence-electron chi connectivity index (χ0n) is 20.6. The van der Waals surface area contributed by atoms with Gasteiger partial charge in [0, 0.05) is 5.56 Å². The first kappa shape index (κ1) is 25.2. The molecule has 0 unspecified atom stereocenters. The fraction of sp³-hybridized carbons (Fsp3) is 0.138. The SMILES string of the molecule is CCOc1cc(/C=N\NC(=O)c2ccc3ccccc3c2)ccc1OCC(=O)Nc1ccccc1OC. The van der Waals surface area contributed by atoms with Crippen LogP contribution in [0.5, 0.6) is 17.2 Å². The molecule has 8 nitrogen and oxygen atoms in total. The number of hydrogen-bond acceptors (Lipinski definition) is 6. The van der Waals surface area contributed by atoms with E-state index in [0.717, 1.165) is 10.8 Å². The lowest BCUT2D eigenvalue weighted by molar-refractivity contribution is -0.118. The van der Waals surface area contributed by atoms with Crippen molar-refractivity contribution in [3.8, 4) is 17.2 Å². The second-order valence-electron chi connectivity index (χ2n) is 7.94. The van der Waals surface area contributed by atoms with E-state index in [1.165, 1.54) is 13.3 Å². The summed E-state index contributed by atoms with van der Waals surface area (Å²) < 4.78 is 16.6. The number of carbonyl (C=O) groups excluding carboxylic acids is 2. The van der Waals surface area contributed by atoms with Gasteiger partial charge in [0.2, 0.25) is 0 Å². The zero-order chi connectivity index (χ0) is 26.0. The Kier molecular flexibility index (Phi) is 8.33. The Labute approximate surface area is 214 Å². The fourth-order valence-electron chi connectivity index (χ4n) is 3.63. The van der Waals surface area contributed by atoms with Crippen LogP contribution in [0.25, 0.3) is 10.8 Å². The number of carbonyl (C=O) groups is 2. The molecule has 0 aliphatic heterocycles. The van der Waals surface area contributed by atoms with Crippen LogP contribution in [0.3, 0.4) is 0 Å². The van der Waals surface area contributed by atoms with Crippen molar-refractivity contribution in [2.75, 3.05) is 25.6 Å². The highest BCUT2D eigenvalue weighted by Gasteiger charge is 2.11. The molecule has 0 aliphatic carbocycles. The van der Waals surface area contributed by atoms with Gasteiger partial charge < -0.3 is 19.5 Å². The van der Waals surface area contributed by atoms with Gasteiger partial charge in [0.15, 0.2) is 18.1 Å². The summed E-state index contributed by atoms with van der Waals surface area (Å²) in [5, 5.41) is 8.87. The number of nitrogens with one attached hydrogen (secondary N) is 2. The van der Waals surface area contributed by atoms with Crippen molar-refractivity contribution >= 4 is 34.5 Å². The Morgan fingerprint density at radius 2 is 1.62 bits per heavy atom. The van der Waals surface area contributed by atoms with Crippen LogP contribution < -0.4 is 25.0 Å². The molecular formula is C29H27N3O5. The number of nitrogens with zero attached hydrogens (tertiary/aromatic N) is 1. The molecule has 37 heavy (non-hydrogen) atoms. The molecule has 4 rings (SSSR count). The highest BCUT2D eigenvalue weighted by molar-refractivity contribution is 5.99. The molecule has 0 radical (unpaired) electrons. The van der Waals surface area contributed by atoms with Crippen LogP contribution in [0, 0.1) is 0 Å². The summed E-state index contributed by atoms with van der Waals surface area (Å²) in [5.41, 5.74) is 4.31. The summed E-state index contributed by atoms with van der Waals surface area (Å²) in [5.74, 6) is 0.774. The van der Waals surface area contributed by atoms with Crippen LogP contribution in [0.1, 0.15) is 22.8 Å². The highest BCUT2D eigenvalue weighted by Crippen LogP contribution is 2.28. The van der Waals surface area contributed by atoms with Gasteiger partial charge in [-0.05, 0) is 65.7 Å². The van der Waals surface area contributed by atoms with E-state index in [-0.39, 0.29) is 18.4 Å². The minimum absolute atomic E-state index is 0.215. The largest absolute Gasteiger partial charge is 0.495 e. The molecule has 2 amide bonds. The normalized spacial score (nSPS) is 10.8. The van der Waals surface area contributed by atoms with E-state index in [9.17, 15) is 9.59 Å². The van der Waals surface area contributed by atoms with Gasteiger partial charge in [0.05, 0.1) is 25.6 Å². The molecule has 0 heterocycles. The third-order valence-electron chi connectivity index (χ3n) is 5.40. The Bertz CT molecular complexity index is 1430. The molecule has 4 aromatic rings. The number of ether oxygens (including phenoxy) is 3. The molecule has 4 aromatic carbocycles. The van der Waals surface area contributed by atoms with Gasteiger partial charge in [0.25, 0.3) is 11.8 Å². The van der Waals surface area contributed by atoms with Crippen LogP contribution in [-0.4, -0.2) is 38.4 Å². The average molecular weight is 498 g/mol. The number of hydrogen-bond donors (Lipinski definition) is 2. The summed E-state index contributed by atoms with van der Waals surface area (Å²) in [6, 6.07) is 25.6. The number of amides is 2. The second-order valence-corrected chi connectivity index (χ2v) is 7.94. The third kappa shape index (κ3) is 6.64. The third-order valence-corrected chi connectivity index (χ3v) is 5.40. The summed E-state index contributed by atoms with van der Waals surface area (Å²) in [6.45, 7) is 2.04. The molecule has 0 aliphatic rings. The van der Waals surface area contributed by atoms with E-state index < -0.39 is 0 Å². The number of anilines is 1. The predicted octanol–water partition coefficient (Wildman–Crippen LogP) is 5.03. The topological polar surface area (TPSA) is 98.3 Å². The van der Waals surface area contributed by atoms with Crippen molar-refractivity contribution in [1.29, 1.82) is 0 Å². The molecule has 0 bridgehead atoms. The number of benzene rings is 4. The van der Waals surface area contributed by atoms with Crippen molar-refractivity contribution in [2.45, 2.75) is 6.92 Å². The van der Waals surface area contributed by atoms with Crippen LogP contribution >= 0.6 is 0 Å². The monoisotopic (exact) mass is 497 g/mol. The Morgan fingerprint density at radius 1 is 0.838 bits per heavy atom. The number of fused-ring (bicyclic) bond motifs is 1. The first-order valence-electron chi connectivity index (χ1n) is 11.7. The van der Waals surface area contributed by atoms with Crippen LogP contribution in [0.2, 0.25) is 0 Å². The fourth-order valence-corrected chi connectivity index (χ4v) is 3.63. The second kappa shape index (κ2) is 12.2. The van der Waals surface area contributed by atoms with Crippen LogP contribution in [0.4, 0.5) is 5.69 Å². The molecule has 0 saturated heterocycles. The van der Waals surface area contributed by atoms with Crippen molar-refractivity contribution in [1.82, 2.24) is 5.43 Å². The van der Waals surface area contributed by atoms with Gasteiger partial charge in [-0.3, -0.25) is 9.59 Å². The molecule has 0 saturated carbocycles. The summed E-state index contributed by atoms with van der Waals surface area (Å²) >= 11 is 0. The van der Waals surface area contributed by atoms with Gasteiger partial charge >= 0.3 is 0 Å². The van der Waals surface area contributed by atoms with E-state index in [2.05, 4.69) is 15.8 Å². The maximum Gasteiger partial charge on any atom is 0.271 e. The first-order valence-corrected chi connectivity index (χ1v) is 11.7. The van der Waals surface area contributed by atoms with Crippen LogP contribution in [0.15, 0.2) is 90.0 Å². The van der Waals surface area contributed by atoms with Crippen molar-refractivity contribution in [3.05, 3.63) is 96.1 Å². The molecule has 188 valence electrons. The summed E-state index contributed by atoms with van der Waals surface area (Å²) in [4.78, 5) is 24.9. The average Bonchev–Trinajstić information content (AvgIpc) is 2.92. The molecule has 0 fully saturated rings. The standard InChI is InChI=1S/C29H27N3O5/c1-3-36-27-16-20(18-30-32-29(34)23-14-13-21-8-4-5-9-22(21)17-23)12-15-26(27)37-19-28(33)31-24-10-6-7-11-25(24)35-2/h4-18H,3,19H2,1-2H3,(H,31,33)(H,32,34)/b30-18-. The predicted molar refractivity (Wildman–Crippen MR) is 144 cm³/mol. The van der Waals surface area contributed by atoms with Gasteiger partial charge in [-0.15, -0.1) is 0 Å². The minimum atomic E-state index is -0.339. The quantitative estimate of drug-likeness (QED) is 0.237. The molecule has 2 N–H and O–H groups in total. The van der Waals surface area contributed by atoms with Crippen LogP contribution in [-0.2, 0) is 4.79 Å². The Balaban J connectivity index is 1.37. The molecule has 0 spiro atoms. The lowest BCUT2D eigenvalue weighted by Crippen LogP contribution is -2.20. The van der Waals surface area contributed by atoms with E-state index >= 15 is 0 Å². The van der Waals surface area contributed by atoms with E-state index in [0.29, 0.717) is 40.7 Å². The smallest absolute Gasteiger partial charge is 0.271 e. The lowest BCUT2D eigenvalue weighted by atomic mass is 10.1. The van der Waals surface area contributed by atoms with E-state index in [1.807, 2.05) is 49.4 Å². The molecule has 0 atom stereocenters. The van der Waals surface area contributed by atoms with Gasteiger partial charge in [-0.2, -0.15) is 5.10 Å². The zero-order valence-corrected chi connectivity index (χ0v) is 20.6. The van der Waals surface area contributed by atoms with Gasteiger partial charge in [0.1, 0.15) is 5.75 Å². The molecular weight excluding hydrogens is 470 g/mol. The highest BCUT2D eigenvalue weighted by atomic mass is 16.5. The van der Waals surface area contributed by atoms with Crippen molar-refractivity contribution < 1.29 is 23.8 Å². The van der Waals surface area contributed by atoms with E-state index in [4.69, 9.17) is 14.2 Å². The molecule has 8 heteroatoms. The maximum absolute atomic E-state index is 12.5. The number of methoxy groups -OCH3 is 1. The van der Waals surface area contributed by atoms with Crippen molar-refractivity contribution in [3.63, 3.8) is 0 Å². The molecule has 0 aromatic heterocycles. The number of hydrazone groups is 1. The maximum atomic E-state index is 12.5. The summed E-state index contributed by atoms with van der Waals surface area (Å²) in [7, 11) is 1.54. The Hall–Kier alpha value is -4.85. The van der Waals surface area contributed by atoms with Crippen molar-refractivity contribution in [2.24, 2.45) is 5.10 Å². The van der Waals surface area contributed by atoms with E-state index in [1.54, 1.807) is 42.5 Å². The summed E-state index contributed by atoms with van der Waals surface area (Å²) in [6.07, 6.45) is 1.51. The first-order chi connectivity index (χ1) is 18.1. The minimum Gasteiger partial charge on any atom is -0.495 e. The number of rotatable bonds is 10. The van der Waals surface area contributed by atoms with Gasteiger partial charge in [-0.1, -0.05) is 42.5 Å².